The second-order valence-electron chi connectivity index (χ2n) is 33.4. The summed E-state index contributed by atoms with van der Waals surface area (Å²) >= 11 is 0. The Hall–Kier alpha value is -8.96. The Balaban J connectivity index is 0.000000321. The second kappa shape index (κ2) is 49.3. The summed E-state index contributed by atoms with van der Waals surface area (Å²) in [6.45, 7) is 14.0. The SMILES string of the molecule is CC(C)CC(CC(=O)C(Cc1ccccc1)NC(=O)C(N)Cc1ccccc1)C(=O)NC(CCCCN)C(=O)N1C2CC1CN(CC(=O)CC(C)CCC(=O)O)C2.CC(C)CC(CC(=O)C(Cc1ccccc1)NC(=O)C(N)Cc1ccccc1)C(=O)NC(CCCCN)C(=O)N1C2CC1CN(CC(=O)CCCCCC(N)OC=O)C2. The van der Waals surface area contributed by atoms with Crippen LogP contribution in [0.3, 0.4) is 0 Å². The van der Waals surface area contributed by atoms with Crippen molar-refractivity contribution in [3.63, 3.8) is 0 Å². The lowest BCUT2D eigenvalue weighted by molar-refractivity contribution is -0.159. The van der Waals surface area contributed by atoms with Gasteiger partial charge in [-0.1, -0.05) is 162 Å². The van der Waals surface area contributed by atoms with Crippen molar-refractivity contribution in [1.29, 1.82) is 0 Å². The fraction of sp³-hybridized carbons (Fsp3) is 0.596. The fourth-order valence-electron chi connectivity index (χ4n) is 16.4. The summed E-state index contributed by atoms with van der Waals surface area (Å²) in [6.07, 6.45) is 10.4. The summed E-state index contributed by atoms with van der Waals surface area (Å²) in [6, 6.07) is 32.3. The number of likely N-dealkylation sites (tertiary alicyclic amines) is 4. The predicted octanol–water partition coefficient (Wildman–Crippen LogP) is 6.05. The summed E-state index contributed by atoms with van der Waals surface area (Å²) in [5.41, 5.74) is 33.4. The van der Waals surface area contributed by atoms with Gasteiger partial charge in [-0.3, -0.25) is 73.1 Å². The Morgan fingerprint density at radius 2 is 0.802 bits per heavy atom. The van der Waals surface area contributed by atoms with Gasteiger partial charge in [-0.25, -0.2) is 0 Å². The average Bonchev–Trinajstić information content (AvgIpc) is 0.758. The molecule has 27 nitrogen and oxygen atoms in total. The van der Waals surface area contributed by atoms with Gasteiger partial charge in [0.05, 0.1) is 37.3 Å². The highest BCUT2D eigenvalue weighted by Gasteiger charge is 2.51. The number of ketones is 4. The molecule has 27 heteroatoms. The van der Waals surface area contributed by atoms with Gasteiger partial charge >= 0.3 is 5.97 Å². The third kappa shape index (κ3) is 31.8. The lowest BCUT2D eigenvalue weighted by atomic mass is 9.85. The van der Waals surface area contributed by atoms with Crippen molar-refractivity contribution in [3.05, 3.63) is 144 Å². The molecule has 0 saturated carbocycles. The molecule has 14 unspecified atom stereocenters. The number of nitrogens with two attached hydrogens (primary N) is 5. The second-order valence-corrected chi connectivity index (χ2v) is 33.4. The number of carbonyl (C=O) groups is 12. The van der Waals surface area contributed by atoms with E-state index in [1.807, 2.05) is 166 Å². The molecule has 0 aliphatic carbocycles. The number of carbonyl (C=O) groups excluding carboxylic acids is 11. The number of piperidine rings is 2. The molecule has 4 aliphatic rings. The van der Waals surface area contributed by atoms with Crippen LogP contribution in [0.2, 0.25) is 0 Å². The number of benzene rings is 4. The number of piperazine rings is 2. The van der Waals surface area contributed by atoms with Crippen LogP contribution in [-0.2, 0) is 88.0 Å². The number of unbranched alkanes of at least 4 members (excludes halogenated alkanes) is 4. The third-order valence-corrected chi connectivity index (χ3v) is 22.5. The molecule has 4 bridgehead atoms. The Morgan fingerprint density at radius 1 is 0.440 bits per heavy atom. The molecule has 0 spiro atoms. The van der Waals surface area contributed by atoms with E-state index >= 15 is 0 Å². The van der Waals surface area contributed by atoms with Crippen LogP contribution in [0.5, 0.6) is 0 Å². The number of nitrogens with one attached hydrogen (secondary N) is 4. The Bertz CT molecular complexity index is 3740. The molecule has 4 saturated heterocycles. The smallest absolute Gasteiger partial charge is 0.303 e. The highest BCUT2D eigenvalue weighted by Crippen LogP contribution is 2.36. The number of carboxylic acid groups (broad SMARTS) is 1. The molecule has 8 rings (SSSR count). The van der Waals surface area contributed by atoms with Crippen LogP contribution in [0.25, 0.3) is 0 Å². The molecule has 0 aromatic heterocycles. The van der Waals surface area contributed by atoms with Gasteiger partial charge in [-0.15, -0.1) is 0 Å². The van der Waals surface area contributed by atoms with Gasteiger partial charge < -0.3 is 63.8 Å². The fourth-order valence-corrected chi connectivity index (χ4v) is 16.4. The van der Waals surface area contributed by atoms with E-state index in [-0.39, 0.29) is 127 Å². The van der Waals surface area contributed by atoms with Gasteiger partial charge in [0.25, 0.3) is 6.47 Å². The lowest BCUT2D eigenvalue weighted by Crippen LogP contribution is -2.72. The first kappa shape index (κ1) is 94.2. The molecule has 4 aromatic carbocycles. The topological polar surface area (TPSA) is 425 Å². The molecular formula is C89H131N13O14. The molecule has 6 amide bonds. The van der Waals surface area contributed by atoms with E-state index in [0.717, 1.165) is 54.4 Å². The summed E-state index contributed by atoms with van der Waals surface area (Å²) < 4.78 is 4.70. The van der Waals surface area contributed by atoms with Gasteiger partial charge in [0.15, 0.2) is 17.8 Å². The number of ether oxygens (including phenoxy) is 1. The number of amides is 6. The summed E-state index contributed by atoms with van der Waals surface area (Å²) in [5.74, 6) is -4.47. The first-order valence-corrected chi connectivity index (χ1v) is 42.1. The van der Waals surface area contributed by atoms with Crippen molar-refractivity contribution in [3.8, 4) is 0 Å². The molecule has 14 atom stereocenters. The molecule has 4 heterocycles. The van der Waals surface area contributed by atoms with Crippen LogP contribution >= 0.6 is 0 Å². The number of fused-ring (bicyclic) bond motifs is 4. The highest BCUT2D eigenvalue weighted by atomic mass is 16.5. The predicted molar refractivity (Wildman–Crippen MR) is 445 cm³/mol. The van der Waals surface area contributed by atoms with E-state index in [2.05, 4.69) is 31.1 Å². The van der Waals surface area contributed by atoms with E-state index < -0.39 is 72.1 Å². The van der Waals surface area contributed by atoms with Crippen molar-refractivity contribution in [2.24, 2.45) is 58.3 Å². The van der Waals surface area contributed by atoms with Crippen LogP contribution in [-0.4, -0.2) is 215 Å². The molecule has 4 aromatic rings. The van der Waals surface area contributed by atoms with E-state index in [0.29, 0.717) is 142 Å². The minimum Gasteiger partial charge on any atom is -0.481 e. The van der Waals surface area contributed by atoms with Gasteiger partial charge in [0.2, 0.25) is 35.4 Å². The van der Waals surface area contributed by atoms with Crippen LogP contribution in [0.1, 0.15) is 185 Å². The maximum atomic E-state index is 14.2. The first-order valence-electron chi connectivity index (χ1n) is 42.1. The molecule has 4 aliphatic heterocycles. The number of hydrogen-bond acceptors (Lipinski definition) is 20. The maximum absolute atomic E-state index is 14.2. The standard InChI is InChI=1S/C45H67N7O7.C44H64N6O7/c1-31(2)22-34(25-41(55)40(24-33-16-8-4-9-17-33)50-44(57)38(47)23-32-14-6-3-7-15-32)43(56)49-39(19-12-13-21-46)45(58)52-35-26-36(52)28-51(27-35)29-37(54)18-10-5-11-20-42(48)59-30-53;1-29(2)20-33(24-40(52)39(23-32-14-8-5-9-15-32)48-43(56)37(46)22-31-12-6-4-7-13-31)42(55)47-38(16-10-11-19-45)44(57)50-34-25-35(50)27-49(26-34)28-36(51)21-30(3)17-18-41(53)54/h3-4,6-9,14-17,30-31,34-36,38-40,42H,5,10-13,18-29,46-48H2,1-2H3,(H,49,56)(H,50,57);4-9,12-15,29-30,33-35,37-39H,10-11,16-28,45-46H2,1-3H3,(H,47,55)(H,48,56)(H,53,54). The summed E-state index contributed by atoms with van der Waals surface area (Å²) in [7, 11) is 0. The zero-order valence-electron chi connectivity index (χ0n) is 68.9. The molecule has 4 fully saturated rings. The minimum atomic E-state index is -0.908. The minimum absolute atomic E-state index is 0.0181. The number of rotatable bonds is 53. The number of aliphatic carboxylic acids is 1. The van der Waals surface area contributed by atoms with Crippen LogP contribution in [0.4, 0.5) is 0 Å². The Morgan fingerprint density at radius 3 is 1.16 bits per heavy atom. The largest absolute Gasteiger partial charge is 0.481 e. The first-order chi connectivity index (χ1) is 55.6. The average molecular weight is 1610 g/mol. The van der Waals surface area contributed by atoms with Gasteiger partial charge in [0, 0.05) is 94.3 Å². The quantitative estimate of drug-likeness (QED) is 0.0137. The van der Waals surface area contributed by atoms with Crippen LogP contribution < -0.4 is 49.9 Å². The van der Waals surface area contributed by atoms with E-state index in [1.165, 1.54) is 0 Å². The van der Waals surface area contributed by atoms with E-state index in [4.69, 9.17) is 38.5 Å². The summed E-state index contributed by atoms with van der Waals surface area (Å²) in [5, 5.41) is 20.9. The number of hydrogen-bond donors (Lipinski definition) is 10. The van der Waals surface area contributed by atoms with Crippen molar-refractivity contribution in [2.75, 3.05) is 52.4 Å². The van der Waals surface area contributed by atoms with Crippen molar-refractivity contribution in [1.82, 2.24) is 40.9 Å². The normalized spacial score (nSPS) is 18.9. The lowest BCUT2D eigenvalue weighted by Gasteiger charge is -2.57. The van der Waals surface area contributed by atoms with Crippen LogP contribution in [0.15, 0.2) is 121 Å². The zero-order chi connectivity index (χ0) is 84.2. The van der Waals surface area contributed by atoms with E-state index in [1.54, 1.807) is 0 Å². The van der Waals surface area contributed by atoms with Crippen molar-refractivity contribution < 1.29 is 67.4 Å². The van der Waals surface area contributed by atoms with Gasteiger partial charge in [0.1, 0.15) is 23.7 Å². The highest BCUT2D eigenvalue weighted by molar-refractivity contribution is 5.97. The van der Waals surface area contributed by atoms with Crippen LogP contribution in [0, 0.1) is 29.6 Å². The molecule has 0 radical (unpaired) electrons. The van der Waals surface area contributed by atoms with Gasteiger partial charge in [-0.2, -0.15) is 0 Å². The van der Waals surface area contributed by atoms with E-state index in [9.17, 15) is 57.5 Å². The van der Waals surface area contributed by atoms with Crippen molar-refractivity contribution >= 4 is 71.0 Å². The third-order valence-electron chi connectivity index (χ3n) is 22.5. The molecule has 636 valence electrons. The number of Topliss-reactive ketones (excluding diaryl/α,β-unsaturated/α-hetero) is 4. The van der Waals surface area contributed by atoms with Crippen molar-refractivity contribution in [2.45, 2.75) is 255 Å². The monoisotopic (exact) mass is 1610 g/mol. The van der Waals surface area contributed by atoms with Gasteiger partial charge in [-0.05, 0) is 169 Å². The molecule has 116 heavy (non-hydrogen) atoms. The Labute approximate surface area is 685 Å². The zero-order valence-corrected chi connectivity index (χ0v) is 68.9. The maximum Gasteiger partial charge on any atom is 0.303 e. The molecule has 15 N–H and O–H groups in total. The molecular weight excluding hydrogens is 1480 g/mol. The summed E-state index contributed by atoms with van der Waals surface area (Å²) in [4.78, 5) is 167. The number of carboxylic acids is 1. The number of nitrogens with zero attached hydrogens (tertiary/aromatic N) is 4. The Kier molecular flexibility index (Phi) is 40.0.